The Labute approximate surface area is 403 Å². The fourth-order valence-electron chi connectivity index (χ4n) is 10.8. The maximum atomic E-state index is 14.5. The van der Waals surface area contributed by atoms with Gasteiger partial charge in [0.1, 0.15) is 24.0 Å². The van der Waals surface area contributed by atoms with E-state index >= 15 is 0 Å². The quantitative estimate of drug-likeness (QED) is 0.0846. The number of hydrogen-bond acceptors (Lipinski definition) is 13. The van der Waals surface area contributed by atoms with Crippen molar-refractivity contribution < 1.29 is 63.3 Å². The normalized spacial score (nSPS) is 36.4. The van der Waals surface area contributed by atoms with Gasteiger partial charge in [-0.15, -0.1) is 0 Å². The van der Waals surface area contributed by atoms with Gasteiger partial charge in [0.25, 0.3) is 11.7 Å². The van der Waals surface area contributed by atoms with Crippen LogP contribution in [-0.4, -0.2) is 130 Å². The second kappa shape index (κ2) is 24.8. The third-order valence-corrected chi connectivity index (χ3v) is 15.0. The van der Waals surface area contributed by atoms with E-state index in [0.29, 0.717) is 62.5 Å². The molecule has 1 aromatic rings. The lowest BCUT2D eigenvalue weighted by atomic mass is 9.78. The molecule has 1 amide bonds. The molecule has 14 heteroatoms. The Bertz CT molecular complexity index is 1990. The smallest absolute Gasteiger partial charge is 0.329 e. The molecule has 14 nitrogen and oxygen atoms in total. The molecule has 3 heterocycles. The Balaban J connectivity index is 1.55. The first-order valence-corrected chi connectivity index (χ1v) is 24.9. The van der Waals surface area contributed by atoms with Gasteiger partial charge < -0.3 is 44.3 Å². The van der Waals surface area contributed by atoms with Crippen molar-refractivity contribution in [1.82, 2.24) is 4.90 Å². The second-order valence-electron chi connectivity index (χ2n) is 20.7. The highest BCUT2D eigenvalue weighted by Crippen LogP contribution is 2.39. The van der Waals surface area contributed by atoms with Gasteiger partial charge in [-0.05, 0) is 101 Å². The van der Waals surface area contributed by atoms with Crippen LogP contribution in [0.25, 0.3) is 6.08 Å². The van der Waals surface area contributed by atoms with Gasteiger partial charge in [0.15, 0.2) is 5.78 Å². The number of cyclic esters (lactones) is 1. The number of aliphatic hydroxyl groups excluding tert-OH is 3. The number of hydrogen-bond donors (Lipinski definition) is 4. The van der Waals surface area contributed by atoms with Gasteiger partial charge in [-0.2, -0.15) is 0 Å². The Morgan fingerprint density at radius 1 is 0.926 bits per heavy atom. The summed E-state index contributed by atoms with van der Waals surface area (Å²) >= 11 is 0. The molecule has 14 atom stereocenters. The van der Waals surface area contributed by atoms with Crippen molar-refractivity contribution in [2.75, 3.05) is 27.4 Å². The van der Waals surface area contributed by atoms with Crippen LogP contribution in [0.15, 0.2) is 53.6 Å². The average Bonchev–Trinajstić information content (AvgIpc) is 3.32. The number of esters is 1. The highest BCUT2D eigenvalue weighted by atomic mass is 16.7. The number of methoxy groups -OCH3 is 2. The van der Waals surface area contributed by atoms with Gasteiger partial charge in [-0.1, -0.05) is 88.8 Å². The van der Waals surface area contributed by atoms with Crippen LogP contribution in [0.2, 0.25) is 0 Å². The number of Topliss-reactive ketones (excluding diaryl/α,β-unsaturated/α-hetero) is 3. The molecule has 3 aliphatic heterocycles. The Kier molecular flexibility index (Phi) is 20.1. The molecule has 4 aliphatic rings. The van der Waals surface area contributed by atoms with Crippen LogP contribution in [0, 0.1) is 41.4 Å². The molecule has 4 unspecified atom stereocenters. The number of aliphatic hydroxyl groups is 4. The number of carbonyl (C=O) groups excluding carboxylic acids is 5. The molecule has 1 aromatic carbocycles. The van der Waals surface area contributed by atoms with Crippen molar-refractivity contribution in [1.29, 1.82) is 0 Å². The van der Waals surface area contributed by atoms with E-state index in [4.69, 9.17) is 18.9 Å². The van der Waals surface area contributed by atoms with Crippen LogP contribution in [-0.2, 0) is 38.1 Å². The van der Waals surface area contributed by atoms with E-state index in [0.717, 1.165) is 11.1 Å². The summed E-state index contributed by atoms with van der Waals surface area (Å²) < 4.78 is 24.5. The molecule has 2 saturated heterocycles. The third kappa shape index (κ3) is 13.5. The lowest BCUT2D eigenvalue weighted by Crippen LogP contribution is -2.64. The lowest BCUT2D eigenvalue weighted by Gasteiger charge is -2.47. The molecule has 0 spiro atoms. The first-order chi connectivity index (χ1) is 32.2. The van der Waals surface area contributed by atoms with E-state index < -0.39 is 83.9 Å². The van der Waals surface area contributed by atoms with E-state index in [-0.39, 0.29) is 67.7 Å². The van der Waals surface area contributed by atoms with Crippen molar-refractivity contribution in [3.05, 3.63) is 64.8 Å². The van der Waals surface area contributed by atoms with Gasteiger partial charge in [0.05, 0.1) is 24.4 Å². The molecular weight excluding hydrogens is 871 g/mol. The van der Waals surface area contributed by atoms with Gasteiger partial charge in [0.2, 0.25) is 5.79 Å². The maximum Gasteiger partial charge on any atom is 0.329 e. The molecule has 68 heavy (non-hydrogen) atoms. The number of rotatable bonds is 10. The van der Waals surface area contributed by atoms with E-state index in [1.54, 1.807) is 32.9 Å². The number of ketones is 3. The van der Waals surface area contributed by atoms with Gasteiger partial charge in [-0.25, -0.2) is 4.79 Å². The topological polar surface area (TPSA) is 206 Å². The first-order valence-electron chi connectivity index (χ1n) is 24.9. The highest BCUT2D eigenvalue weighted by molar-refractivity contribution is 6.39. The Morgan fingerprint density at radius 3 is 2.25 bits per heavy atom. The van der Waals surface area contributed by atoms with Crippen molar-refractivity contribution in [3.8, 4) is 0 Å². The summed E-state index contributed by atoms with van der Waals surface area (Å²) in [5.41, 5.74) is 3.01. The molecule has 5 rings (SSSR count). The zero-order valence-corrected chi connectivity index (χ0v) is 41.8. The molecule has 1 aliphatic carbocycles. The van der Waals surface area contributed by atoms with Crippen molar-refractivity contribution in [2.24, 2.45) is 41.4 Å². The predicted octanol–water partition coefficient (Wildman–Crippen LogP) is 6.60. The molecule has 3 fully saturated rings. The minimum Gasteiger partial charge on any atom is -0.456 e. The zero-order valence-electron chi connectivity index (χ0n) is 41.8. The van der Waals surface area contributed by atoms with Gasteiger partial charge in [-0.3, -0.25) is 19.2 Å². The number of amides is 1. The summed E-state index contributed by atoms with van der Waals surface area (Å²) in [5.74, 6) is -8.65. The summed E-state index contributed by atoms with van der Waals surface area (Å²) in [6.45, 7) is 12.7. The number of fused-ring (bicyclic) bond motifs is 3. The first kappa shape index (κ1) is 55.0. The van der Waals surface area contributed by atoms with Crippen LogP contribution >= 0.6 is 0 Å². The van der Waals surface area contributed by atoms with Crippen LogP contribution in [0.1, 0.15) is 135 Å². The zero-order chi connectivity index (χ0) is 50.0. The minimum absolute atomic E-state index is 0.0481. The molecule has 0 radical (unpaired) electrons. The number of carbonyl (C=O) groups is 5. The monoisotopic (exact) mass is 950 g/mol. The molecule has 0 aromatic heterocycles. The summed E-state index contributed by atoms with van der Waals surface area (Å²) in [6, 6.07) is 6.14. The molecular formula is C54H79NO13. The van der Waals surface area contributed by atoms with Gasteiger partial charge in [0, 0.05) is 68.9 Å². The Hall–Kier alpha value is -3.89. The van der Waals surface area contributed by atoms with E-state index in [1.165, 1.54) is 19.1 Å². The standard InChI is InChI=1S/C54H79NO13/c1-31(2)48(60)39-19-16-37(17-20-39)13-12-14-40-24-32(3)23-33(4)25-46(65-8)50-47(66-9)27-35(6)54(64,68-50)51(61)52(62)55-22-11-10-15-42(55)53(63)67-49(36(7)44(58)29-45(40)59)34(5)26-38-18-21-43(57)41(28-38)30-56/h12-13,16-17,19-20,24,26,31,33,35-36,38,40-44,46-47,49-50,56-58,64H,10-11,14-15,18,21-23,25,27-30H2,1-9H3/b13-12+,32-24+,34-26+/t33-,35+,36+,38?,40?,41-,42?,43+,44-,46-,47-,49+,50?,54+/m0/s1. The minimum atomic E-state index is -2.55. The number of piperidine rings is 1. The lowest BCUT2D eigenvalue weighted by molar-refractivity contribution is -0.302. The van der Waals surface area contributed by atoms with Crippen molar-refractivity contribution in [3.63, 3.8) is 0 Å². The summed E-state index contributed by atoms with van der Waals surface area (Å²) in [5, 5.41) is 44.6. The molecule has 1 saturated carbocycles. The Morgan fingerprint density at radius 2 is 1.60 bits per heavy atom. The van der Waals surface area contributed by atoms with Crippen LogP contribution in [0.4, 0.5) is 0 Å². The van der Waals surface area contributed by atoms with Crippen LogP contribution in [0.3, 0.4) is 0 Å². The van der Waals surface area contributed by atoms with Crippen molar-refractivity contribution >= 4 is 35.3 Å². The van der Waals surface area contributed by atoms with Gasteiger partial charge >= 0.3 is 5.97 Å². The molecule has 4 N–H and O–H groups in total. The predicted molar refractivity (Wildman–Crippen MR) is 257 cm³/mol. The van der Waals surface area contributed by atoms with E-state index in [1.807, 2.05) is 64.1 Å². The van der Waals surface area contributed by atoms with Crippen LogP contribution < -0.4 is 0 Å². The number of benzene rings is 1. The average molecular weight is 950 g/mol. The fourth-order valence-corrected chi connectivity index (χ4v) is 10.8. The number of ether oxygens (including phenoxy) is 4. The number of allylic oxidation sites excluding steroid dienone is 4. The SMILES string of the molecule is CO[C@H]1C[C@@H](C)C/C(C)=C/C(C/C=C/c2ccc(C(=O)C(C)C)cc2)C(=O)C[C@H](O)[C@@H](C)[C@@H](/C(C)=C/C2CC[C@@H](O)[C@H](CO)C2)OC(=O)C2CCCCN2C(=O)C(=O)[C@]2(O)OC1[C@@H](OC)C[C@H]2C. The summed E-state index contributed by atoms with van der Waals surface area (Å²) in [7, 11) is 3.04. The molecule has 2 bridgehead atoms. The third-order valence-electron chi connectivity index (χ3n) is 15.0. The molecule has 378 valence electrons. The van der Waals surface area contributed by atoms with Crippen LogP contribution in [0.5, 0.6) is 0 Å². The largest absolute Gasteiger partial charge is 0.456 e. The van der Waals surface area contributed by atoms with E-state index in [2.05, 4.69) is 0 Å². The maximum absolute atomic E-state index is 14.5. The summed E-state index contributed by atoms with van der Waals surface area (Å²) in [4.78, 5) is 71.5. The van der Waals surface area contributed by atoms with E-state index in [9.17, 15) is 44.4 Å². The fraction of sp³-hybridized carbons (Fsp3) is 0.685. The summed E-state index contributed by atoms with van der Waals surface area (Å²) in [6.07, 6.45) is 6.60. The van der Waals surface area contributed by atoms with Crippen molar-refractivity contribution in [2.45, 2.75) is 168 Å². The number of nitrogens with zero attached hydrogens (tertiary/aromatic N) is 1. The second-order valence-corrected chi connectivity index (χ2v) is 20.7. The highest BCUT2D eigenvalue weighted by Gasteiger charge is 2.56.